The van der Waals surface area contributed by atoms with E-state index in [0.717, 1.165) is 6.42 Å². The molecule has 0 aliphatic heterocycles. The van der Waals surface area contributed by atoms with Crippen LogP contribution in [0.3, 0.4) is 0 Å². The smallest absolute Gasteiger partial charge is 0.358 e. The number of nitrogens with one attached hydrogen (secondary N) is 2. The Balaban J connectivity index is 2.58. The van der Waals surface area contributed by atoms with Crippen molar-refractivity contribution in [2.75, 3.05) is 0 Å². The van der Waals surface area contributed by atoms with E-state index in [2.05, 4.69) is 27.7 Å². The van der Waals surface area contributed by atoms with Crippen LogP contribution in [0.4, 0.5) is 0 Å². The molecule has 0 spiro atoms. The molecule has 14 heavy (non-hydrogen) atoms. The number of carboxylic acids is 1. The van der Waals surface area contributed by atoms with Crippen LogP contribution in [-0.2, 0) is 6.54 Å². The predicted octanol–water partition coefficient (Wildman–Crippen LogP) is 0.391. The SMILES string of the molecule is CCC(C)NCc1n[nH]nc1C(=O)O. The Labute approximate surface area is 81.7 Å². The summed E-state index contributed by atoms with van der Waals surface area (Å²) in [5.74, 6) is -1.06. The van der Waals surface area contributed by atoms with Gasteiger partial charge in [-0.15, -0.1) is 5.10 Å². The third-order valence-corrected chi connectivity index (χ3v) is 2.05. The highest BCUT2D eigenvalue weighted by Gasteiger charge is 2.14. The first kappa shape index (κ1) is 10.6. The zero-order chi connectivity index (χ0) is 10.6. The number of aromatic nitrogens is 3. The molecule has 1 rings (SSSR count). The number of aromatic amines is 1. The van der Waals surface area contributed by atoms with Crippen LogP contribution in [0.5, 0.6) is 0 Å². The first-order valence-corrected chi connectivity index (χ1v) is 4.51. The summed E-state index contributed by atoms with van der Waals surface area (Å²) in [5, 5.41) is 21.5. The van der Waals surface area contributed by atoms with E-state index >= 15 is 0 Å². The van der Waals surface area contributed by atoms with Crippen molar-refractivity contribution in [2.45, 2.75) is 32.9 Å². The number of rotatable bonds is 5. The molecular formula is C8H14N4O2. The standard InChI is InChI=1S/C8H14N4O2/c1-3-5(2)9-4-6-7(8(13)14)11-12-10-6/h5,9H,3-4H2,1-2H3,(H,13,14)(H,10,11,12). The van der Waals surface area contributed by atoms with E-state index < -0.39 is 5.97 Å². The Morgan fingerprint density at radius 2 is 2.36 bits per heavy atom. The molecule has 0 fully saturated rings. The van der Waals surface area contributed by atoms with E-state index in [1.165, 1.54) is 0 Å². The highest BCUT2D eigenvalue weighted by atomic mass is 16.4. The molecule has 1 atom stereocenters. The van der Waals surface area contributed by atoms with Crippen molar-refractivity contribution < 1.29 is 9.90 Å². The lowest BCUT2D eigenvalue weighted by atomic mass is 10.2. The minimum Gasteiger partial charge on any atom is -0.476 e. The largest absolute Gasteiger partial charge is 0.476 e. The van der Waals surface area contributed by atoms with Crippen LogP contribution in [-0.4, -0.2) is 32.5 Å². The highest BCUT2D eigenvalue weighted by Crippen LogP contribution is 2.01. The molecule has 6 heteroatoms. The molecular weight excluding hydrogens is 184 g/mol. The van der Waals surface area contributed by atoms with Gasteiger partial charge in [-0.05, 0) is 13.3 Å². The van der Waals surface area contributed by atoms with Gasteiger partial charge in [-0.2, -0.15) is 10.3 Å². The molecule has 1 heterocycles. The molecule has 1 unspecified atom stereocenters. The molecule has 0 aromatic carbocycles. The lowest BCUT2D eigenvalue weighted by Crippen LogP contribution is -2.25. The molecule has 0 radical (unpaired) electrons. The van der Waals surface area contributed by atoms with E-state index in [4.69, 9.17) is 5.11 Å². The fourth-order valence-electron chi connectivity index (χ4n) is 0.963. The molecule has 3 N–H and O–H groups in total. The van der Waals surface area contributed by atoms with Crippen LogP contribution in [0.1, 0.15) is 36.5 Å². The van der Waals surface area contributed by atoms with Crippen molar-refractivity contribution >= 4 is 5.97 Å². The quantitative estimate of drug-likeness (QED) is 0.636. The molecule has 0 aliphatic rings. The van der Waals surface area contributed by atoms with E-state index in [0.29, 0.717) is 18.3 Å². The summed E-state index contributed by atoms with van der Waals surface area (Å²) in [7, 11) is 0. The van der Waals surface area contributed by atoms with E-state index in [1.54, 1.807) is 0 Å². The Hall–Kier alpha value is -1.43. The monoisotopic (exact) mass is 198 g/mol. The van der Waals surface area contributed by atoms with Gasteiger partial charge in [-0.1, -0.05) is 6.92 Å². The lowest BCUT2D eigenvalue weighted by molar-refractivity contribution is 0.0689. The lowest BCUT2D eigenvalue weighted by Gasteiger charge is -2.08. The summed E-state index contributed by atoms with van der Waals surface area (Å²) in [4.78, 5) is 10.6. The summed E-state index contributed by atoms with van der Waals surface area (Å²) in [6.45, 7) is 4.51. The molecule has 6 nitrogen and oxygen atoms in total. The van der Waals surface area contributed by atoms with Crippen molar-refractivity contribution in [2.24, 2.45) is 0 Å². The maximum absolute atomic E-state index is 10.6. The van der Waals surface area contributed by atoms with Gasteiger partial charge in [0.15, 0.2) is 5.69 Å². The fraction of sp³-hybridized carbons (Fsp3) is 0.625. The van der Waals surface area contributed by atoms with E-state index in [9.17, 15) is 4.79 Å². The third kappa shape index (κ3) is 2.53. The van der Waals surface area contributed by atoms with Crippen LogP contribution in [0.25, 0.3) is 0 Å². The van der Waals surface area contributed by atoms with E-state index in [-0.39, 0.29) is 5.69 Å². The summed E-state index contributed by atoms with van der Waals surface area (Å²) in [5.41, 5.74) is 0.429. The summed E-state index contributed by atoms with van der Waals surface area (Å²) in [6.07, 6.45) is 0.986. The van der Waals surface area contributed by atoms with Gasteiger partial charge < -0.3 is 10.4 Å². The molecule has 78 valence electrons. The molecule has 0 bridgehead atoms. The number of carboxylic acid groups (broad SMARTS) is 1. The van der Waals surface area contributed by atoms with Crippen LogP contribution >= 0.6 is 0 Å². The number of hydrogen-bond acceptors (Lipinski definition) is 4. The first-order chi connectivity index (χ1) is 6.65. The van der Waals surface area contributed by atoms with Crippen LogP contribution in [0, 0.1) is 0 Å². The van der Waals surface area contributed by atoms with Crippen LogP contribution in [0.15, 0.2) is 0 Å². The number of carbonyl (C=O) groups is 1. The normalized spacial score (nSPS) is 12.7. The fourth-order valence-corrected chi connectivity index (χ4v) is 0.963. The maximum Gasteiger partial charge on any atom is 0.358 e. The van der Waals surface area contributed by atoms with Gasteiger partial charge in [-0.25, -0.2) is 4.79 Å². The molecule has 0 saturated heterocycles. The molecule has 0 saturated carbocycles. The van der Waals surface area contributed by atoms with Crippen molar-refractivity contribution in [3.05, 3.63) is 11.4 Å². The van der Waals surface area contributed by atoms with Crippen LogP contribution in [0.2, 0.25) is 0 Å². The maximum atomic E-state index is 10.6. The predicted molar refractivity (Wildman–Crippen MR) is 49.9 cm³/mol. The summed E-state index contributed by atoms with van der Waals surface area (Å²) >= 11 is 0. The average Bonchev–Trinajstić information content (AvgIpc) is 2.62. The number of aromatic carboxylic acids is 1. The van der Waals surface area contributed by atoms with Crippen molar-refractivity contribution in [3.8, 4) is 0 Å². The average molecular weight is 198 g/mol. The van der Waals surface area contributed by atoms with Gasteiger partial charge in [-0.3, -0.25) is 0 Å². The van der Waals surface area contributed by atoms with Gasteiger partial charge in [0.05, 0.1) is 0 Å². The van der Waals surface area contributed by atoms with Crippen molar-refractivity contribution in [1.29, 1.82) is 0 Å². The Kier molecular flexibility index (Phi) is 3.58. The summed E-state index contributed by atoms with van der Waals surface area (Å²) < 4.78 is 0. The second-order valence-electron chi connectivity index (χ2n) is 3.11. The number of H-pyrrole nitrogens is 1. The highest BCUT2D eigenvalue weighted by molar-refractivity contribution is 5.86. The minimum atomic E-state index is -1.06. The molecule has 0 aliphatic carbocycles. The molecule has 1 aromatic heterocycles. The number of nitrogens with zero attached hydrogens (tertiary/aromatic N) is 2. The number of hydrogen-bond donors (Lipinski definition) is 3. The second kappa shape index (κ2) is 4.71. The van der Waals surface area contributed by atoms with Gasteiger partial charge in [0.1, 0.15) is 5.69 Å². The zero-order valence-corrected chi connectivity index (χ0v) is 8.24. The second-order valence-corrected chi connectivity index (χ2v) is 3.11. The molecule has 0 amide bonds. The Bertz CT molecular complexity index is 310. The van der Waals surface area contributed by atoms with Crippen molar-refractivity contribution in [3.63, 3.8) is 0 Å². The topological polar surface area (TPSA) is 90.9 Å². The first-order valence-electron chi connectivity index (χ1n) is 4.51. The van der Waals surface area contributed by atoms with Crippen molar-refractivity contribution in [1.82, 2.24) is 20.7 Å². The van der Waals surface area contributed by atoms with Crippen LogP contribution < -0.4 is 5.32 Å². The third-order valence-electron chi connectivity index (χ3n) is 2.05. The minimum absolute atomic E-state index is 0.0131. The van der Waals surface area contributed by atoms with E-state index in [1.807, 2.05) is 6.92 Å². The van der Waals surface area contributed by atoms with Gasteiger partial charge >= 0.3 is 5.97 Å². The Morgan fingerprint density at radius 3 is 2.93 bits per heavy atom. The van der Waals surface area contributed by atoms with Gasteiger partial charge in [0.2, 0.25) is 0 Å². The summed E-state index contributed by atoms with van der Waals surface area (Å²) in [6, 6.07) is 0.341. The van der Waals surface area contributed by atoms with Gasteiger partial charge in [0.25, 0.3) is 0 Å². The van der Waals surface area contributed by atoms with Gasteiger partial charge in [0, 0.05) is 12.6 Å². The Morgan fingerprint density at radius 1 is 1.64 bits per heavy atom. The molecule has 1 aromatic rings. The zero-order valence-electron chi connectivity index (χ0n) is 8.24.